The van der Waals surface area contributed by atoms with Gasteiger partial charge in [0.05, 0.1) is 18.1 Å². The van der Waals surface area contributed by atoms with Gasteiger partial charge >= 0.3 is 0 Å². The topological polar surface area (TPSA) is 63.7 Å². The molecule has 14 heavy (non-hydrogen) atoms. The Hall–Kier alpha value is -2.07. The first-order chi connectivity index (χ1) is 6.77. The number of anilines is 1. The van der Waals surface area contributed by atoms with Crippen molar-refractivity contribution in [1.82, 2.24) is 4.98 Å². The van der Waals surface area contributed by atoms with Crippen LogP contribution in [0.3, 0.4) is 0 Å². The van der Waals surface area contributed by atoms with Crippen molar-refractivity contribution in [1.29, 1.82) is 10.5 Å². The molecule has 0 aliphatic heterocycles. The van der Waals surface area contributed by atoms with Gasteiger partial charge in [0.1, 0.15) is 11.9 Å². The Morgan fingerprint density at radius 3 is 2.71 bits per heavy atom. The first-order valence-electron chi connectivity index (χ1n) is 4.22. The first kappa shape index (κ1) is 10.0. The predicted molar refractivity (Wildman–Crippen MR) is 52.5 cm³/mol. The Labute approximate surface area is 83.0 Å². The van der Waals surface area contributed by atoms with Crippen LogP contribution in [-0.2, 0) is 0 Å². The molecule has 0 unspecified atom stereocenters. The molecule has 0 saturated heterocycles. The Morgan fingerprint density at radius 2 is 2.21 bits per heavy atom. The van der Waals surface area contributed by atoms with Crippen molar-refractivity contribution < 1.29 is 0 Å². The van der Waals surface area contributed by atoms with Crippen LogP contribution >= 0.6 is 0 Å². The summed E-state index contributed by atoms with van der Waals surface area (Å²) >= 11 is 0. The van der Waals surface area contributed by atoms with Crippen LogP contribution in [0.1, 0.15) is 12.0 Å². The fourth-order valence-corrected chi connectivity index (χ4v) is 1.01. The summed E-state index contributed by atoms with van der Waals surface area (Å²) in [5.41, 5.74) is 0.544. The second kappa shape index (κ2) is 4.84. The molecular weight excluding hydrogens is 176 g/mol. The molecule has 1 rings (SSSR count). The van der Waals surface area contributed by atoms with Crippen molar-refractivity contribution >= 4 is 5.82 Å². The van der Waals surface area contributed by atoms with Gasteiger partial charge in [0.15, 0.2) is 0 Å². The first-order valence-corrected chi connectivity index (χ1v) is 4.22. The van der Waals surface area contributed by atoms with E-state index in [-0.39, 0.29) is 0 Å². The monoisotopic (exact) mass is 186 g/mol. The number of hydrogen-bond donors (Lipinski definition) is 0. The summed E-state index contributed by atoms with van der Waals surface area (Å²) in [7, 11) is 1.87. The third kappa shape index (κ3) is 2.46. The molecule has 0 aliphatic rings. The zero-order valence-electron chi connectivity index (χ0n) is 7.94. The lowest BCUT2D eigenvalue weighted by atomic mass is 10.3. The Morgan fingerprint density at radius 1 is 1.43 bits per heavy atom. The minimum atomic E-state index is 0.470. The highest BCUT2D eigenvalue weighted by atomic mass is 15.2. The maximum absolute atomic E-state index is 8.56. The molecule has 4 nitrogen and oxygen atoms in total. The van der Waals surface area contributed by atoms with Crippen LogP contribution in [0.25, 0.3) is 0 Å². The van der Waals surface area contributed by atoms with Gasteiger partial charge in [-0.1, -0.05) is 0 Å². The van der Waals surface area contributed by atoms with Crippen LogP contribution < -0.4 is 4.90 Å². The fourth-order valence-electron chi connectivity index (χ4n) is 1.01. The molecule has 1 aromatic rings. The third-order valence-corrected chi connectivity index (χ3v) is 1.83. The molecule has 1 aromatic heterocycles. The zero-order chi connectivity index (χ0) is 10.4. The summed E-state index contributed by atoms with van der Waals surface area (Å²) in [6.07, 6.45) is 2.00. The smallest absolute Gasteiger partial charge is 0.128 e. The normalized spacial score (nSPS) is 8.79. The van der Waals surface area contributed by atoms with Gasteiger partial charge in [0.2, 0.25) is 0 Å². The molecule has 70 valence electrons. The second-order valence-corrected chi connectivity index (χ2v) is 2.85. The summed E-state index contributed by atoms with van der Waals surface area (Å²) in [4.78, 5) is 5.98. The quantitative estimate of drug-likeness (QED) is 0.713. The molecule has 0 fully saturated rings. The zero-order valence-corrected chi connectivity index (χ0v) is 7.94. The maximum atomic E-state index is 8.56. The van der Waals surface area contributed by atoms with E-state index in [2.05, 4.69) is 11.1 Å². The van der Waals surface area contributed by atoms with Crippen molar-refractivity contribution in [2.75, 3.05) is 18.5 Å². The minimum Gasteiger partial charge on any atom is -0.359 e. The molecule has 0 aliphatic carbocycles. The van der Waals surface area contributed by atoms with Gasteiger partial charge in [-0.25, -0.2) is 4.98 Å². The molecule has 0 atom stereocenters. The van der Waals surface area contributed by atoms with Gasteiger partial charge in [0, 0.05) is 19.8 Å². The highest BCUT2D eigenvalue weighted by Crippen LogP contribution is 2.08. The van der Waals surface area contributed by atoms with Gasteiger partial charge in [-0.15, -0.1) is 0 Å². The van der Waals surface area contributed by atoms with E-state index in [0.717, 1.165) is 5.82 Å². The van der Waals surface area contributed by atoms with E-state index in [4.69, 9.17) is 10.5 Å². The van der Waals surface area contributed by atoms with Gasteiger partial charge < -0.3 is 4.90 Å². The largest absolute Gasteiger partial charge is 0.359 e. The van der Waals surface area contributed by atoms with Gasteiger partial charge in [0.25, 0.3) is 0 Å². The highest BCUT2D eigenvalue weighted by molar-refractivity contribution is 5.40. The standard InChI is InChI=1S/C10H10N4/c1-14(6-2-5-11)10-4-3-9(7-12)8-13-10/h3-4,8H,2,6H2,1H3. The molecule has 4 heteroatoms. The predicted octanol–water partition coefficient (Wildman–Crippen LogP) is 1.30. The fraction of sp³-hybridized carbons (Fsp3) is 0.300. The van der Waals surface area contributed by atoms with E-state index in [0.29, 0.717) is 18.5 Å². The number of rotatable bonds is 3. The molecule has 0 bridgehead atoms. The Balaban J connectivity index is 2.68. The molecule has 0 radical (unpaired) electrons. The average molecular weight is 186 g/mol. The molecule has 0 saturated carbocycles. The summed E-state index contributed by atoms with van der Waals surface area (Å²) < 4.78 is 0. The van der Waals surface area contributed by atoms with E-state index in [1.54, 1.807) is 12.1 Å². The van der Waals surface area contributed by atoms with Crippen LogP contribution in [0.5, 0.6) is 0 Å². The number of hydrogen-bond acceptors (Lipinski definition) is 4. The van der Waals surface area contributed by atoms with E-state index >= 15 is 0 Å². The molecule has 0 amide bonds. The molecule has 1 heterocycles. The van der Waals surface area contributed by atoms with Crippen molar-refractivity contribution in [3.8, 4) is 12.1 Å². The summed E-state index contributed by atoms with van der Waals surface area (Å²) in [5, 5.41) is 17.0. The van der Waals surface area contributed by atoms with E-state index < -0.39 is 0 Å². The van der Waals surface area contributed by atoms with Crippen molar-refractivity contribution in [2.24, 2.45) is 0 Å². The van der Waals surface area contributed by atoms with Crippen LogP contribution in [-0.4, -0.2) is 18.6 Å². The Bertz CT molecular complexity index is 369. The van der Waals surface area contributed by atoms with Crippen LogP contribution in [0, 0.1) is 22.7 Å². The van der Waals surface area contributed by atoms with Crippen LogP contribution in [0.4, 0.5) is 5.82 Å². The second-order valence-electron chi connectivity index (χ2n) is 2.85. The molecule has 0 N–H and O–H groups in total. The van der Waals surface area contributed by atoms with E-state index in [9.17, 15) is 0 Å². The van der Waals surface area contributed by atoms with Gasteiger partial charge in [-0.05, 0) is 12.1 Å². The van der Waals surface area contributed by atoms with E-state index in [1.807, 2.05) is 18.0 Å². The SMILES string of the molecule is CN(CCC#N)c1ccc(C#N)cn1. The number of nitriles is 2. The van der Waals surface area contributed by atoms with Gasteiger partial charge in [-0.2, -0.15) is 10.5 Å². The summed E-state index contributed by atoms with van der Waals surface area (Å²) in [6.45, 7) is 0.648. The molecular formula is C10H10N4. The van der Waals surface area contributed by atoms with Crippen molar-refractivity contribution in [2.45, 2.75) is 6.42 Å². The number of pyridine rings is 1. The maximum Gasteiger partial charge on any atom is 0.128 e. The lowest BCUT2D eigenvalue weighted by Gasteiger charge is -2.15. The highest BCUT2D eigenvalue weighted by Gasteiger charge is 2.00. The summed E-state index contributed by atoms with van der Waals surface area (Å²) in [5.74, 6) is 0.777. The average Bonchev–Trinajstić information content (AvgIpc) is 2.26. The molecule has 0 aromatic carbocycles. The lowest BCUT2D eigenvalue weighted by Crippen LogP contribution is -2.19. The van der Waals surface area contributed by atoms with E-state index in [1.165, 1.54) is 6.20 Å². The number of aromatic nitrogens is 1. The van der Waals surface area contributed by atoms with Crippen LogP contribution in [0.2, 0.25) is 0 Å². The third-order valence-electron chi connectivity index (χ3n) is 1.83. The van der Waals surface area contributed by atoms with Crippen LogP contribution in [0.15, 0.2) is 18.3 Å². The lowest BCUT2D eigenvalue weighted by molar-refractivity contribution is 0.884. The molecule has 0 spiro atoms. The minimum absolute atomic E-state index is 0.470. The number of nitrogens with zero attached hydrogens (tertiary/aromatic N) is 4. The Kier molecular flexibility index (Phi) is 3.46. The van der Waals surface area contributed by atoms with Gasteiger partial charge in [-0.3, -0.25) is 0 Å². The summed E-state index contributed by atoms with van der Waals surface area (Å²) in [6, 6.07) is 7.56. The van der Waals surface area contributed by atoms with Crippen molar-refractivity contribution in [3.05, 3.63) is 23.9 Å². The van der Waals surface area contributed by atoms with Crippen molar-refractivity contribution in [3.63, 3.8) is 0 Å².